The number of hydrogen-bond acceptors (Lipinski definition) is 2. The number of pyridine rings is 1. The maximum Gasteiger partial charge on any atom is 0.255 e. The molecule has 0 radical (unpaired) electrons. The summed E-state index contributed by atoms with van der Waals surface area (Å²) >= 11 is 0. The van der Waals surface area contributed by atoms with Gasteiger partial charge in [-0.05, 0) is 31.4 Å². The van der Waals surface area contributed by atoms with E-state index in [1.807, 2.05) is 35.9 Å². The first kappa shape index (κ1) is 12.6. The van der Waals surface area contributed by atoms with Crippen molar-refractivity contribution in [3.63, 3.8) is 0 Å². The van der Waals surface area contributed by atoms with E-state index >= 15 is 0 Å². The SMILES string of the molecule is Cc1cn2cccc(C(=O)NCCC(C)C)c2n1. The van der Waals surface area contributed by atoms with Gasteiger partial charge in [0.1, 0.15) is 5.65 Å². The molecule has 96 valence electrons. The van der Waals surface area contributed by atoms with Crippen molar-refractivity contribution in [2.24, 2.45) is 5.92 Å². The highest BCUT2D eigenvalue weighted by molar-refractivity contribution is 5.99. The minimum atomic E-state index is -0.0492. The number of aromatic nitrogens is 2. The molecular weight excluding hydrogens is 226 g/mol. The fraction of sp³-hybridized carbons (Fsp3) is 0.429. The Morgan fingerprint density at radius 3 is 3.00 bits per heavy atom. The van der Waals surface area contributed by atoms with Crippen LogP contribution < -0.4 is 5.32 Å². The topological polar surface area (TPSA) is 46.4 Å². The second-order valence-corrected chi connectivity index (χ2v) is 4.97. The van der Waals surface area contributed by atoms with E-state index in [9.17, 15) is 4.79 Å². The predicted octanol–water partition coefficient (Wildman–Crippen LogP) is 2.42. The molecule has 0 atom stereocenters. The number of hydrogen-bond donors (Lipinski definition) is 1. The standard InChI is InChI=1S/C14H19N3O/c1-10(2)6-7-15-14(18)12-5-4-8-17-9-11(3)16-13(12)17/h4-5,8-10H,6-7H2,1-3H3,(H,15,18). The van der Waals surface area contributed by atoms with Crippen molar-refractivity contribution in [2.75, 3.05) is 6.54 Å². The summed E-state index contributed by atoms with van der Waals surface area (Å²) in [7, 11) is 0. The molecule has 2 heterocycles. The first-order valence-corrected chi connectivity index (χ1v) is 6.30. The highest BCUT2D eigenvalue weighted by atomic mass is 16.1. The summed E-state index contributed by atoms with van der Waals surface area (Å²) in [4.78, 5) is 16.5. The molecule has 2 aromatic heterocycles. The minimum Gasteiger partial charge on any atom is -0.352 e. The molecule has 0 saturated heterocycles. The van der Waals surface area contributed by atoms with Crippen LogP contribution in [0.15, 0.2) is 24.5 Å². The first-order valence-electron chi connectivity index (χ1n) is 6.30. The van der Waals surface area contributed by atoms with E-state index < -0.39 is 0 Å². The van der Waals surface area contributed by atoms with Gasteiger partial charge in [-0.15, -0.1) is 0 Å². The molecule has 0 bridgehead atoms. The Labute approximate surface area is 107 Å². The zero-order valence-electron chi connectivity index (χ0n) is 11.1. The Morgan fingerprint density at radius 2 is 2.28 bits per heavy atom. The van der Waals surface area contributed by atoms with E-state index in [1.165, 1.54) is 0 Å². The molecule has 1 N–H and O–H groups in total. The molecular formula is C14H19N3O. The molecule has 1 amide bonds. The fourth-order valence-corrected chi connectivity index (χ4v) is 1.88. The average molecular weight is 245 g/mol. The van der Waals surface area contributed by atoms with Crippen molar-refractivity contribution < 1.29 is 4.79 Å². The van der Waals surface area contributed by atoms with E-state index in [-0.39, 0.29) is 5.91 Å². The number of imidazole rings is 1. The molecule has 18 heavy (non-hydrogen) atoms. The normalized spacial score (nSPS) is 11.1. The van der Waals surface area contributed by atoms with Crippen molar-refractivity contribution in [2.45, 2.75) is 27.2 Å². The molecule has 0 aromatic carbocycles. The summed E-state index contributed by atoms with van der Waals surface area (Å²) in [6.07, 6.45) is 4.81. The van der Waals surface area contributed by atoms with Gasteiger partial charge in [0.15, 0.2) is 0 Å². The number of nitrogens with zero attached hydrogens (tertiary/aromatic N) is 2. The third kappa shape index (κ3) is 2.70. The molecule has 2 rings (SSSR count). The van der Waals surface area contributed by atoms with Crippen molar-refractivity contribution >= 4 is 11.6 Å². The van der Waals surface area contributed by atoms with Crippen molar-refractivity contribution in [1.82, 2.24) is 14.7 Å². The highest BCUT2D eigenvalue weighted by Crippen LogP contribution is 2.10. The molecule has 0 unspecified atom stereocenters. The number of carbonyl (C=O) groups excluding carboxylic acids is 1. The second kappa shape index (κ2) is 5.21. The summed E-state index contributed by atoms with van der Waals surface area (Å²) in [5.74, 6) is 0.543. The summed E-state index contributed by atoms with van der Waals surface area (Å²) < 4.78 is 1.88. The molecule has 2 aromatic rings. The maximum atomic E-state index is 12.1. The lowest BCUT2D eigenvalue weighted by Gasteiger charge is -2.07. The van der Waals surface area contributed by atoms with E-state index in [4.69, 9.17) is 0 Å². The molecule has 4 nitrogen and oxygen atoms in total. The lowest BCUT2D eigenvalue weighted by molar-refractivity contribution is 0.0953. The summed E-state index contributed by atoms with van der Waals surface area (Å²) in [6.45, 7) is 6.92. The van der Waals surface area contributed by atoms with Gasteiger partial charge in [0.05, 0.1) is 11.3 Å². The molecule has 0 fully saturated rings. The molecule has 0 aliphatic carbocycles. The number of aryl methyl sites for hydroxylation is 1. The molecule has 0 aliphatic rings. The smallest absolute Gasteiger partial charge is 0.255 e. The number of amides is 1. The second-order valence-electron chi connectivity index (χ2n) is 4.97. The van der Waals surface area contributed by atoms with Crippen LogP contribution in [-0.2, 0) is 0 Å². The average Bonchev–Trinajstić information content (AvgIpc) is 2.67. The van der Waals surface area contributed by atoms with Crippen molar-refractivity contribution in [1.29, 1.82) is 0 Å². The van der Waals surface area contributed by atoms with Crippen LogP contribution in [0.2, 0.25) is 0 Å². The van der Waals surface area contributed by atoms with Crippen LogP contribution in [0.4, 0.5) is 0 Å². The highest BCUT2D eigenvalue weighted by Gasteiger charge is 2.11. The summed E-state index contributed by atoms with van der Waals surface area (Å²) in [5, 5.41) is 2.94. The molecule has 0 spiro atoms. The predicted molar refractivity (Wildman–Crippen MR) is 71.7 cm³/mol. The maximum absolute atomic E-state index is 12.1. The zero-order valence-corrected chi connectivity index (χ0v) is 11.1. The Hall–Kier alpha value is -1.84. The summed E-state index contributed by atoms with van der Waals surface area (Å²) in [6, 6.07) is 3.68. The van der Waals surface area contributed by atoms with Crippen LogP contribution in [0.5, 0.6) is 0 Å². The first-order chi connectivity index (χ1) is 8.58. The largest absolute Gasteiger partial charge is 0.352 e. The lowest BCUT2D eigenvalue weighted by atomic mass is 10.1. The van der Waals surface area contributed by atoms with Crippen LogP contribution in [-0.4, -0.2) is 21.8 Å². The van der Waals surface area contributed by atoms with Gasteiger partial charge in [0, 0.05) is 18.9 Å². The number of rotatable bonds is 4. The van der Waals surface area contributed by atoms with Gasteiger partial charge in [-0.3, -0.25) is 4.79 Å². The van der Waals surface area contributed by atoms with Crippen LogP contribution in [0.3, 0.4) is 0 Å². The molecule has 4 heteroatoms. The van der Waals surface area contributed by atoms with E-state index in [0.717, 1.165) is 17.8 Å². The lowest BCUT2D eigenvalue weighted by Crippen LogP contribution is -2.25. The van der Waals surface area contributed by atoms with Gasteiger partial charge >= 0.3 is 0 Å². The number of fused-ring (bicyclic) bond motifs is 1. The van der Waals surface area contributed by atoms with E-state index in [0.29, 0.717) is 18.0 Å². The Morgan fingerprint density at radius 1 is 1.50 bits per heavy atom. The fourth-order valence-electron chi connectivity index (χ4n) is 1.88. The van der Waals surface area contributed by atoms with Crippen LogP contribution in [0.25, 0.3) is 5.65 Å². The van der Waals surface area contributed by atoms with Gasteiger partial charge in [0.2, 0.25) is 0 Å². The van der Waals surface area contributed by atoms with E-state index in [1.54, 1.807) is 0 Å². The third-order valence-corrected chi connectivity index (χ3v) is 2.86. The molecule has 0 aliphatic heterocycles. The van der Waals surface area contributed by atoms with E-state index in [2.05, 4.69) is 24.1 Å². The van der Waals surface area contributed by atoms with Gasteiger partial charge < -0.3 is 9.72 Å². The third-order valence-electron chi connectivity index (χ3n) is 2.86. The van der Waals surface area contributed by atoms with Gasteiger partial charge in [-0.1, -0.05) is 13.8 Å². The van der Waals surface area contributed by atoms with Gasteiger partial charge in [-0.2, -0.15) is 0 Å². The van der Waals surface area contributed by atoms with Crippen molar-refractivity contribution in [3.05, 3.63) is 35.8 Å². The Balaban J connectivity index is 2.17. The van der Waals surface area contributed by atoms with Crippen LogP contribution >= 0.6 is 0 Å². The minimum absolute atomic E-state index is 0.0492. The number of carbonyl (C=O) groups is 1. The zero-order chi connectivity index (χ0) is 13.1. The monoisotopic (exact) mass is 245 g/mol. The quantitative estimate of drug-likeness (QED) is 0.899. The summed E-state index contributed by atoms with van der Waals surface area (Å²) in [5.41, 5.74) is 2.27. The van der Waals surface area contributed by atoms with Crippen LogP contribution in [0, 0.1) is 12.8 Å². The van der Waals surface area contributed by atoms with Crippen LogP contribution in [0.1, 0.15) is 36.3 Å². The van der Waals surface area contributed by atoms with Gasteiger partial charge in [-0.25, -0.2) is 4.98 Å². The molecule has 0 saturated carbocycles. The van der Waals surface area contributed by atoms with Gasteiger partial charge in [0.25, 0.3) is 5.91 Å². The number of nitrogens with one attached hydrogen (secondary N) is 1. The Bertz CT molecular complexity index is 557. The Kier molecular flexibility index (Phi) is 3.65. The van der Waals surface area contributed by atoms with Crippen molar-refractivity contribution in [3.8, 4) is 0 Å².